The highest BCUT2D eigenvalue weighted by molar-refractivity contribution is 5.58. The van der Waals surface area contributed by atoms with Crippen molar-refractivity contribution in [3.63, 3.8) is 0 Å². The van der Waals surface area contributed by atoms with Crippen LogP contribution in [0.1, 0.15) is 41.5 Å². The topological polar surface area (TPSA) is 37.8 Å². The van der Waals surface area contributed by atoms with Crippen LogP contribution in [0.5, 0.6) is 0 Å². The maximum atomic E-state index is 4.25. The lowest BCUT2D eigenvalue weighted by Gasteiger charge is -2.03. The van der Waals surface area contributed by atoms with Gasteiger partial charge in [-0.25, -0.2) is 4.98 Å². The molecule has 0 aliphatic rings. The lowest BCUT2D eigenvalue weighted by atomic mass is 10.1. The summed E-state index contributed by atoms with van der Waals surface area (Å²) in [5.74, 6) is 0.869. The molecule has 2 aromatic heterocycles. The summed E-state index contributed by atoms with van der Waals surface area (Å²) in [6, 6.07) is 31.9. The number of anilines is 2. The number of para-hydroxylation sites is 1. The molecular formula is C28H37N3. The maximum absolute atomic E-state index is 4.25. The van der Waals surface area contributed by atoms with Gasteiger partial charge in [0.1, 0.15) is 5.82 Å². The highest BCUT2D eigenvalue weighted by Gasteiger charge is 1.93. The van der Waals surface area contributed by atoms with Crippen LogP contribution in [-0.2, 0) is 0 Å². The van der Waals surface area contributed by atoms with E-state index in [9.17, 15) is 0 Å². The molecule has 0 aliphatic carbocycles. The van der Waals surface area contributed by atoms with E-state index in [-0.39, 0.29) is 0 Å². The lowest BCUT2D eigenvalue weighted by Crippen LogP contribution is -1.91. The number of aromatic nitrogens is 2. The Balaban J connectivity index is 0.000000470. The van der Waals surface area contributed by atoms with Crippen LogP contribution in [0.4, 0.5) is 11.5 Å². The number of pyridine rings is 2. The van der Waals surface area contributed by atoms with Gasteiger partial charge >= 0.3 is 0 Å². The van der Waals surface area contributed by atoms with Crippen LogP contribution in [0.25, 0.3) is 11.3 Å². The first-order valence-corrected chi connectivity index (χ1v) is 11.1. The zero-order valence-electron chi connectivity index (χ0n) is 19.8. The van der Waals surface area contributed by atoms with Gasteiger partial charge < -0.3 is 5.32 Å². The second-order valence-corrected chi connectivity index (χ2v) is 5.29. The Morgan fingerprint density at radius 2 is 0.968 bits per heavy atom. The fraction of sp³-hybridized carbons (Fsp3) is 0.214. The third-order valence-electron chi connectivity index (χ3n) is 3.45. The molecule has 3 heteroatoms. The van der Waals surface area contributed by atoms with Crippen molar-refractivity contribution >= 4 is 11.5 Å². The fourth-order valence-corrected chi connectivity index (χ4v) is 2.25. The average Bonchev–Trinajstić information content (AvgIpc) is 2.90. The highest BCUT2D eigenvalue weighted by Crippen LogP contribution is 2.14. The van der Waals surface area contributed by atoms with E-state index >= 15 is 0 Å². The van der Waals surface area contributed by atoms with Crippen molar-refractivity contribution in [2.24, 2.45) is 0 Å². The largest absolute Gasteiger partial charge is 0.340 e. The van der Waals surface area contributed by atoms with Gasteiger partial charge in [-0.2, -0.15) is 0 Å². The second-order valence-electron chi connectivity index (χ2n) is 5.29. The quantitative estimate of drug-likeness (QED) is 0.364. The normalized spacial score (nSPS) is 8.32. The summed E-state index contributed by atoms with van der Waals surface area (Å²) in [5.41, 5.74) is 3.25. The van der Waals surface area contributed by atoms with Crippen LogP contribution in [0.2, 0.25) is 0 Å². The van der Waals surface area contributed by atoms with E-state index in [2.05, 4.69) is 27.4 Å². The molecular weight excluding hydrogens is 378 g/mol. The summed E-state index contributed by atoms with van der Waals surface area (Å²) in [6.45, 7) is 12.0. The molecule has 0 radical (unpaired) electrons. The van der Waals surface area contributed by atoms with Crippen molar-refractivity contribution in [3.8, 4) is 11.3 Å². The number of hydrogen-bond acceptors (Lipinski definition) is 3. The van der Waals surface area contributed by atoms with E-state index < -0.39 is 0 Å². The van der Waals surface area contributed by atoms with Crippen LogP contribution in [0.15, 0.2) is 109 Å². The van der Waals surface area contributed by atoms with E-state index in [1.807, 2.05) is 133 Å². The number of rotatable bonds is 3. The summed E-state index contributed by atoms with van der Waals surface area (Å²) in [4.78, 5) is 8.41. The summed E-state index contributed by atoms with van der Waals surface area (Å²) < 4.78 is 0. The average molecular weight is 416 g/mol. The summed E-state index contributed by atoms with van der Waals surface area (Å²) in [5, 5.41) is 3.19. The Hall–Kier alpha value is -3.46. The molecule has 0 bridgehead atoms. The number of nitrogens with one attached hydrogen (secondary N) is 1. The molecule has 31 heavy (non-hydrogen) atoms. The molecule has 0 unspecified atom stereocenters. The third-order valence-corrected chi connectivity index (χ3v) is 3.45. The van der Waals surface area contributed by atoms with Crippen molar-refractivity contribution in [1.29, 1.82) is 0 Å². The zero-order chi connectivity index (χ0) is 23.2. The van der Waals surface area contributed by atoms with E-state index in [0.717, 1.165) is 22.8 Å². The van der Waals surface area contributed by atoms with Crippen molar-refractivity contribution in [1.82, 2.24) is 9.97 Å². The minimum absolute atomic E-state index is 0.869. The fourth-order valence-electron chi connectivity index (χ4n) is 2.25. The second kappa shape index (κ2) is 19.8. The predicted molar refractivity (Wildman–Crippen MR) is 138 cm³/mol. The number of nitrogens with zero attached hydrogens (tertiary/aromatic N) is 2. The smallest absolute Gasteiger partial charge is 0.130 e. The van der Waals surface area contributed by atoms with Gasteiger partial charge in [-0.15, -0.1) is 0 Å². The van der Waals surface area contributed by atoms with E-state index in [0.29, 0.717) is 0 Å². The van der Waals surface area contributed by atoms with Crippen LogP contribution >= 0.6 is 0 Å². The standard InChI is InChI=1S/C11H10N2.C11H9N.3C2H6/c1-2-6-10(7-3-1)13-11-8-4-5-9-12-11;1-2-6-10(7-3-1)11-8-4-5-9-12-11;3*1-2/h1-9H,(H,12,13);1-9H;3*1-2H3. The van der Waals surface area contributed by atoms with Gasteiger partial charge in [0.15, 0.2) is 0 Å². The number of benzene rings is 2. The first kappa shape index (κ1) is 27.5. The predicted octanol–water partition coefficient (Wildman–Crippen LogP) is 8.65. The van der Waals surface area contributed by atoms with Crippen LogP contribution < -0.4 is 5.32 Å². The molecule has 0 amide bonds. The van der Waals surface area contributed by atoms with Gasteiger partial charge in [0.05, 0.1) is 5.69 Å². The Kier molecular flexibility index (Phi) is 17.6. The van der Waals surface area contributed by atoms with Crippen LogP contribution in [0, 0.1) is 0 Å². The van der Waals surface area contributed by atoms with E-state index in [4.69, 9.17) is 0 Å². The SMILES string of the molecule is CC.CC.CC.c1ccc(-c2ccccn2)cc1.c1ccc(Nc2ccccn2)cc1. The molecule has 4 rings (SSSR count). The van der Waals surface area contributed by atoms with Gasteiger partial charge in [-0.05, 0) is 36.4 Å². The summed E-state index contributed by atoms with van der Waals surface area (Å²) >= 11 is 0. The maximum Gasteiger partial charge on any atom is 0.130 e. The summed E-state index contributed by atoms with van der Waals surface area (Å²) in [6.07, 6.45) is 3.58. The zero-order valence-corrected chi connectivity index (χ0v) is 19.8. The van der Waals surface area contributed by atoms with E-state index in [1.54, 1.807) is 6.20 Å². The number of hydrogen-bond donors (Lipinski definition) is 1. The van der Waals surface area contributed by atoms with Gasteiger partial charge in [0.2, 0.25) is 0 Å². The lowest BCUT2D eigenvalue weighted by molar-refractivity contribution is 1.31. The Bertz CT molecular complexity index is 774. The highest BCUT2D eigenvalue weighted by atomic mass is 15.0. The van der Waals surface area contributed by atoms with Crippen LogP contribution in [0.3, 0.4) is 0 Å². The van der Waals surface area contributed by atoms with Crippen molar-refractivity contribution < 1.29 is 0 Å². The van der Waals surface area contributed by atoms with Gasteiger partial charge in [0.25, 0.3) is 0 Å². The first-order valence-electron chi connectivity index (χ1n) is 11.1. The summed E-state index contributed by atoms with van der Waals surface area (Å²) in [7, 11) is 0. The Labute approximate surface area is 189 Å². The first-order chi connectivity index (χ1) is 15.4. The molecule has 2 aromatic carbocycles. The molecule has 0 aliphatic heterocycles. The molecule has 0 saturated heterocycles. The molecule has 1 N–H and O–H groups in total. The molecule has 0 spiro atoms. The Morgan fingerprint density at radius 3 is 1.45 bits per heavy atom. The van der Waals surface area contributed by atoms with E-state index in [1.165, 1.54) is 0 Å². The molecule has 4 aromatic rings. The molecule has 0 saturated carbocycles. The molecule has 3 nitrogen and oxygen atoms in total. The van der Waals surface area contributed by atoms with Gasteiger partial charge in [0, 0.05) is 23.6 Å². The minimum Gasteiger partial charge on any atom is -0.340 e. The Morgan fingerprint density at radius 1 is 0.484 bits per heavy atom. The molecule has 2 heterocycles. The van der Waals surface area contributed by atoms with Crippen molar-refractivity contribution in [2.75, 3.05) is 5.32 Å². The molecule has 0 fully saturated rings. The van der Waals surface area contributed by atoms with Crippen molar-refractivity contribution in [3.05, 3.63) is 109 Å². The third kappa shape index (κ3) is 12.0. The monoisotopic (exact) mass is 415 g/mol. The van der Waals surface area contributed by atoms with Crippen LogP contribution in [-0.4, -0.2) is 9.97 Å². The van der Waals surface area contributed by atoms with Gasteiger partial charge in [-0.3, -0.25) is 4.98 Å². The molecule has 0 atom stereocenters. The van der Waals surface area contributed by atoms with Crippen molar-refractivity contribution in [2.45, 2.75) is 41.5 Å². The molecule has 164 valence electrons. The minimum atomic E-state index is 0.869. The van der Waals surface area contributed by atoms with Gasteiger partial charge in [-0.1, -0.05) is 102 Å².